The highest BCUT2D eigenvalue weighted by Gasteiger charge is 2.09. The van der Waals surface area contributed by atoms with Gasteiger partial charge in [-0.15, -0.1) is 0 Å². The van der Waals surface area contributed by atoms with Gasteiger partial charge >= 0.3 is 0 Å². The molecule has 0 saturated heterocycles. The van der Waals surface area contributed by atoms with Gasteiger partial charge in [-0.3, -0.25) is 0 Å². The van der Waals surface area contributed by atoms with Crippen LogP contribution in [0.2, 0.25) is 0 Å². The number of fused-ring (bicyclic) bond motifs is 4. The molecule has 0 amide bonds. The molecule has 12 rings (SSSR count). The van der Waals surface area contributed by atoms with Crippen molar-refractivity contribution in [3.05, 3.63) is 312 Å². The van der Waals surface area contributed by atoms with Crippen molar-refractivity contribution in [2.45, 2.75) is 55.9 Å². The molecule has 394 valence electrons. The van der Waals surface area contributed by atoms with Crippen molar-refractivity contribution in [3.63, 3.8) is 0 Å². The number of benzene rings is 12. The minimum atomic E-state index is 0. The summed E-state index contributed by atoms with van der Waals surface area (Å²) < 4.78 is 0. The van der Waals surface area contributed by atoms with Crippen LogP contribution in [-0.4, -0.2) is 0 Å². The van der Waals surface area contributed by atoms with Crippen molar-refractivity contribution in [2.75, 3.05) is 0 Å². The number of hydrogen-bond donors (Lipinski definition) is 0. The molecule has 0 fully saturated rings. The second kappa shape index (κ2) is 27.8. The first-order chi connectivity index (χ1) is 38.7. The van der Waals surface area contributed by atoms with Gasteiger partial charge in [0.25, 0.3) is 0 Å². The third kappa shape index (κ3) is 14.0. The molecular formula is C80H74. The van der Waals surface area contributed by atoms with Crippen LogP contribution in [0.25, 0.3) is 112 Å². The van der Waals surface area contributed by atoms with Crippen molar-refractivity contribution in [2.24, 2.45) is 0 Å². The fourth-order valence-electron chi connectivity index (χ4n) is 10.5. The second-order valence-corrected chi connectivity index (χ2v) is 20.0. The molecule has 0 saturated carbocycles. The highest BCUT2D eigenvalue weighted by Crippen LogP contribution is 2.34. The molecule has 12 aromatic rings. The second-order valence-electron chi connectivity index (χ2n) is 20.0. The lowest BCUT2D eigenvalue weighted by atomic mass is 9.93. The highest BCUT2D eigenvalue weighted by atomic mass is 14.1. The zero-order valence-corrected chi connectivity index (χ0v) is 46.8. The Morgan fingerprint density at radius 3 is 1.26 bits per heavy atom. The Morgan fingerprint density at radius 2 is 0.675 bits per heavy atom. The zero-order chi connectivity index (χ0) is 54.9. The van der Waals surface area contributed by atoms with E-state index in [4.69, 9.17) is 0 Å². The average Bonchev–Trinajstić information content (AvgIpc) is 3.49. The minimum Gasteiger partial charge on any atom is -0.0871 e. The van der Waals surface area contributed by atoms with Gasteiger partial charge in [0.15, 0.2) is 0 Å². The van der Waals surface area contributed by atoms with E-state index >= 15 is 0 Å². The molecule has 0 aliphatic heterocycles. The fourth-order valence-corrected chi connectivity index (χ4v) is 10.5. The standard InChI is InChI=1S/3C20H18.C19H16.CH4/c1-3-7-16-8-6-10-18(14-16)20-13-12-17-9-4-5-11-19(17)15(20)2;1-3-7-16-8-6-10-18(14-16)20-15(2)12-13-17-9-4-5-11-19(17)20;1-3-7-16-8-6-11-19(13-16)20-14-18-10-5-4-9-17(18)12-15(20)2;1-2-5-15-8-10-17(11-9-15)19-13-12-16-6-3-4-7-18(16)14-19;/h3*3-14H,1-2H3;2-14H,1H3;1H4/b3*7-3+;5-2+;. The predicted molar refractivity (Wildman–Crippen MR) is 357 cm³/mol. The molecule has 0 N–H and O–H groups in total. The lowest BCUT2D eigenvalue weighted by Crippen LogP contribution is -1.87. The third-order valence-corrected chi connectivity index (χ3v) is 14.4. The lowest BCUT2D eigenvalue weighted by Gasteiger charge is -2.11. The van der Waals surface area contributed by atoms with Crippen LogP contribution >= 0.6 is 0 Å². The van der Waals surface area contributed by atoms with Crippen LogP contribution in [0, 0.1) is 20.8 Å². The lowest BCUT2D eigenvalue weighted by molar-refractivity contribution is 1.48. The van der Waals surface area contributed by atoms with Crippen LogP contribution in [0.1, 0.15) is 74.1 Å². The first kappa shape index (κ1) is 56.8. The largest absolute Gasteiger partial charge is 0.0871 e. The Labute approximate surface area is 477 Å². The fraction of sp³-hybridized carbons (Fsp3) is 0.100. The van der Waals surface area contributed by atoms with Crippen molar-refractivity contribution in [1.29, 1.82) is 0 Å². The van der Waals surface area contributed by atoms with Crippen LogP contribution in [0.15, 0.2) is 273 Å². The van der Waals surface area contributed by atoms with Crippen molar-refractivity contribution < 1.29 is 0 Å². The summed E-state index contributed by atoms with van der Waals surface area (Å²) in [5.41, 5.74) is 19.3. The Hall–Kier alpha value is -9.36. The van der Waals surface area contributed by atoms with Gasteiger partial charge in [0.1, 0.15) is 0 Å². The molecule has 12 aromatic carbocycles. The van der Waals surface area contributed by atoms with E-state index in [9.17, 15) is 0 Å². The van der Waals surface area contributed by atoms with Gasteiger partial charge in [-0.05, 0) is 205 Å². The molecule has 0 atom stereocenters. The summed E-state index contributed by atoms with van der Waals surface area (Å²) in [4.78, 5) is 0. The molecule has 0 bridgehead atoms. The quantitative estimate of drug-likeness (QED) is 0.142. The summed E-state index contributed by atoms with van der Waals surface area (Å²) >= 11 is 0. The van der Waals surface area contributed by atoms with Crippen molar-refractivity contribution in [3.8, 4) is 44.5 Å². The summed E-state index contributed by atoms with van der Waals surface area (Å²) in [5, 5.41) is 10.4. The third-order valence-electron chi connectivity index (χ3n) is 14.4. The zero-order valence-electron chi connectivity index (χ0n) is 46.8. The first-order valence-corrected chi connectivity index (χ1v) is 27.6. The maximum absolute atomic E-state index is 2.29. The van der Waals surface area contributed by atoms with E-state index in [1.54, 1.807) is 0 Å². The topological polar surface area (TPSA) is 0 Å². The normalized spacial score (nSPS) is 11.1. The molecule has 0 heterocycles. The Bertz CT molecular complexity index is 4070. The highest BCUT2D eigenvalue weighted by molar-refractivity contribution is 5.99. The van der Waals surface area contributed by atoms with E-state index in [-0.39, 0.29) is 7.43 Å². The Balaban J connectivity index is 0.000000140. The van der Waals surface area contributed by atoms with Gasteiger partial charge in [0.05, 0.1) is 0 Å². The maximum Gasteiger partial charge on any atom is -0.00759 e. The monoisotopic (exact) mass is 1030 g/mol. The van der Waals surface area contributed by atoms with Gasteiger partial charge in [-0.2, -0.15) is 0 Å². The molecule has 0 radical (unpaired) electrons. The van der Waals surface area contributed by atoms with Crippen LogP contribution in [-0.2, 0) is 0 Å². The number of aryl methyl sites for hydroxylation is 3. The average molecular weight is 1040 g/mol. The summed E-state index contributed by atoms with van der Waals surface area (Å²) in [6.07, 6.45) is 16.8. The molecule has 0 aliphatic rings. The van der Waals surface area contributed by atoms with Crippen LogP contribution in [0.5, 0.6) is 0 Å². The van der Waals surface area contributed by atoms with Gasteiger partial charge in [-0.1, -0.05) is 274 Å². The molecule has 0 heteroatoms. The van der Waals surface area contributed by atoms with E-state index < -0.39 is 0 Å². The summed E-state index contributed by atoms with van der Waals surface area (Å²) in [5.74, 6) is 0. The predicted octanol–water partition coefficient (Wildman–Crippen LogP) is 23.7. The van der Waals surface area contributed by atoms with Crippen LogP contribution in [0.3, 0.4) is 0 Å². The van der Waals surface area contributed by atoms with Gasteiger partial charge < -0.3 is 0 Å². The smallest absolute Gasteiger partial charge is 0.00759 e. The first-order valence-electron chi connectivity index (χ1n) is 27.6. The molecular weight excluding hydrogens is 961 g/mol. The van der Waals surface area contributed by atoms with E-state index in [2.05, 4.69) is 325 Å². The Kier molecular flexibility index (Phi) is 19.7. The van der Waals surface area contributed by atoms with Crippen LogP contribution < -0.4 is 0 Å². The molecule has 0 aliphatic carbocycles. The maximum atomic E-state index is 2.29. The number of allylic oxidation sites excluding steroid dienone is 4. The van der Waals surface area contributed by atoms with E-state index in [0.29, 0.717) is 0 Å². The van der Waals surface area contributed by atoms with Gasteiger partial charge in [0.2, 0.25) is 0 Å². The molecule has 0 unspecified atom stereocenters. The SMILES string of the molecule is C.C/C=C/c1ccc(-c2ccc3ccccc3c2)cc1.C/C=C/c1cccc(-c2c(C)ccc3ccccc23)c1.C/C=C/c1cccc(-c2cc3ccccc3cc2C)c1.C/C=C/c1cccc(-c2ccc3ccccc3c2C)c1. The molecule has 0 nitrogen and oxygen atoms in total. The molecule has 80 heavy (non-hydrogen) atoms. The van der Waals surface area contributed by atoms with E-state index in [1.165, 1.54) is 127 Å². The van der Waals surface area contributed by atoms with E-state index in [1.807, 2.05) is 20.8 Å². The molecule has 0 aromatic heterocycles. The number of hydrogen-bond acceptors (Lipinski definition) is 0. The van der Waals surface area contributed by atoms with Gasteiger partial charge in [-0.25, -0.2) is 0 Å². The summed E-state index contributed by atoms with van der Waals surface area (Å²) in [7, 11) is 0. The van der Waals surface area contributed by atoms with Crippen molar-refractivity contribution in [1.82, 2.24) is 0 Å². The summed E-state index contributed by atoms with van der Waals surface area (Å²) in [6.45, 7) is 14.8. The van der Waals surface area contributed by atoms with Gasteiger partial charge in [0, 0.05) is 0 Å². The molecule has 0 spiro atoms. The Morgan fingerprint density at radius 1 is 0.250 bits per heavy atom. The summed E-state index contributed by atoms with van der Waals surface area (Å²) in [6, 6.07) is 89.0. The van der Waals surface area contributed by atoms with E-state index in [0.717, 1.165) is 0 Å². The van der Waals surface area contributed by atoms with Crippen molar-refractivity contribution >= 4 is 67.4 Å². The number of rotatable bonds is 8. The minimum absolute atomic E-state index is 0. The van der Waals surface area contributed by atoms with Crippen LogP contribution in [0.4, 0.5) is 0 Å².